The van der Waals surface area contributed by atoms with Crippen molar-refractivity contribution in [3.05, 3.63) is 33.9 Å². The van der Waals surface area contributed by atoms with E-state index < -0.39 is 0 Å². The molecule has 0 amide bonds. The summed E-state index contributed by atoms with van der Waals surface area (Å²) in [5, 5.41) is 4.31. The highest BCUT2D eigenvalue weighted by atomic mass is 16.1. The molecular weight excluding hydrogens is 218 g/mol. The minimum atomic E-state index is -0.209. The molecule has 3 N–H and O–H groups in total. The lowest BCUT2D eigenvalue weighted by atomic mass is 10.2. The number of rotatable bonds is 3. The molecule has 2 aromatic rings. The molecule has 0 fully saturated rings. The lowest BCUT2D eigenvalue weighted by Crippen LogP contribution is -2.15. The summed E-state index contributed by atoms with van der Waals surface area (Å²) in [4.78, 5) is 18.2. The standard InChI is InChI=1S/C11H15N5O/c1-3-4-8-6-9(12)16(15-8)11-13-7(2)5-10(17)14-11/h5-6H,3-4,12H2,1-2H3,(H,13,14,17). The van der Waals surface area contributed by atoms with Gasteiger partial charge in [0.05, 0.1) is 5.69 Å². The average molecular weight is 233 g/mol. The second-order valence-corrected chi connectivity index (χ2v) is 3.93. The van der Waals surface area contributed by atoms with E-state index in [0.29, 0.717) is 17.5 Å². The number of aryl methyl sites for hydroxylation is 2. The Morgan fingerprint density at radius 1 is 1.47 bits per heavy atom. The van der Waals surface area contributed by atoms with Crippen molar-refractivity contribution in [2.75, 3.05) is 5.73 Å². The van der Waals surface area contributed by atoms with Gasteiger partial charge in [-0.2, -0.15) is 9.78 Å². The molecule has 90 valence electrons. The van der Waals surface area contributed by atoms with Crippen LogP contribution >= 0.6 is 0 Å². The molecule has 0 aliphatic heterocycles. The minimum absolute atomic E-state index is 0.209. The maximum Gasteiger partial charge on any atom is 0.252 e. The first-order valence-electron chi connectivity index (χ1n) is 5.53. The molecule has 2 heterocycles. The maximum atomic E-state index is 11.4. The lowest BCUT2D eigenvalue weighted by Gasteiger charge is -2.02. The van der Waals surface area contributed by atoms with Crippen LogP contribution in [0.4, 0.5) is 5.82 Å². The van der Waals surface area contributed by atoms with Crippen molar-refractivity contribution < 1.29 is 0 Å². The maximum absolute atomic E-state index is 11.4. The Bertz CT molecular complexity index is 584. The summed E-state index contributed by atoms with van der Waals surface area (Å²) in [6, 6.07) is 3.22. The fourth-order valence-electron chi connectivity index (χ4n) is 1.66. The van der Waals surface area contributed by atoms with Crippen LogP contribution in [0.15, 0.2) is 16.9 Å². The Labute approximate surface area is 98.5 Å². The van der Waals surface area contributed by atoms with Gasteiger partial charge in [-0.1, -0.05) is 13.3 Å². The molecule has 0 aromatic carbocycles. The highest BCUT2D eigenvalue weighted by Crippen LogP contribution is 2.11. The van der Waals surface area contributed by atoms with Gasteiger partial charge >= 0.3 is 0 Å². The molecule has 0 unspecified atom stereocenters. The normalized spacial score (nSPS) is 10.7. The van der Waals surface area contributed by atoms with Crippen molar-refractivity contribution in [3.8, 4) is 5.95 Å². The molecule has 0 atom stereocenters. The zero-order chi connectivity index (χ0) is 12.4. The van der Waals surface area contributed by atoms with Gasteiger partial charge in [0.2, 0.25) is 5.95 Å². The molecule has 2 aromatic heterocycles. The van der Waals surface area contributed by atoms with Crippen LogP contribution in [0.2, 0.25) is 0 Å². The Hall–Kier alpha value is -2.11. The molecule has 0 aliphatic carbocycles. The monoisotopic (exact) mass is 233 g/mol. The minimum Gasteiger partial charge on any atom is -0.383 e. The largest absolute Gasteiger partial charge is 0.383 e. The fraction of sp³-hybridized carbons (Fsp3) is 0.364. The Morgan fingerprint density at radius 3 is 2.88 bits per heavy atom. The number of hydrogen-bond acceptors (Lipinski definition) is 4. The van der Waals surface area contributed by atoms with E-state index in [2.05, 4.69) is 22.0 Å². The first kappa shape index (κ1) is 11.4. The molecule has 17 heavy (non-hydrogen) atoms. The van der Waals surface area contributed by atoms with E-state index in [0.717, 1.165) is 18.5 Å². The summed E-state index contributed by atoms with van der Waals surface area (Å²) in [6.07, 6.45) is 1.85. The highest BCUT2D eigenvalue weighted by molar-refractivity contribution is 5.36. The summed E-state index contributed by atoms with van der Waals surface area (Å²) in [6.45, 7) is 3.83. The van der Waals surface area contributed by atoms with Crippen LogP contribution in [-0.4, -0.2) is 19.7 Å². The summed E-state index contributed by atoms with van der Waals surface area (Å²) in [5.41, 5.74) is 7.17. The number of anilines is 1. The van der Waals surface area contributed by atoms with Gasteiger partial charge in [0, 0.05) is 17.8 Å². The highest BCUT2D eigenvalue weighted by Gasteiger charge is 2.08. The molecule has 6 nitrogen and oxygen atoms in total. The molecule has 0 saturated heterocycles. The first-order chi connectivity index (χ1) is 8.10. The number of aromatic nitrogens is 4. The number of H-pyrrole nitrogens is 1. The van der Waals surface area contributed by atoms with E-state index in [1.807, 2.05) is 0 Å². The predicted molar refractivity (Wildman–Crippen MR) is 65.1 cm³/mol. The van der Waals surface area contributed by atoms with Gasteiger partial charge in [0.1, 0.15) is 5.82 Å². The Kier molecular flexibility index (Phi) is 2.95. The van der Waals surface area contributed by atoms with Crippen LogP contribution in [0.5, 0.6) is 0 Å². The average Bonchev–Trinajstić information content (AvgIpc) is 2.58. The van der Waals surface area contributed by atoms with Crippen LogP contribution in [0.1, 0.15) is 24.7 Å². The zero-order valence-electron chi connectivity index (χ0n) is 9.90. The van der Waals surface area contributed by atoms with E-state index in [4.69, 9.17) is 5.73 Å². The molecule has 0 spiro atoms. The second kappa shape index (κ2) is 4.40. The SMILES string of the molecule is CCCc1cc(N)n(-c2nc(C)cc(=O)[nH]2)n1. The van der Waals surface area contributed by atoms with Crippen molar-refractivity contribution >= 4 is 5.82 Å². The van der Waals surface area contributed by atoms with Crippen LogP contribution in [0.25, 0.3) is 5.95 Å². The number of aromatic amines is 1. The van der Waals surface area contributed by atoms with E-state index in [1.165, 1.54) is 10.7 Å². The second-order valence-electron chi connectivity index (χ2n) is 3.93. The molecule has 2 rings (SSSR count). The van der Waals surface area contributed by atoms with Gasteiger partial charge in [0.15, 0.2) is 0 Å². The molecule has 0 saturated carbocycles. The Balaban J connectivity index is 2.48. The third kappa shape index (κ3) is 2.35. The van der Waals surface area contributed by atoms with Gasteiger partial charge < -0.3 is 5.73 Å². The van der Waals surface area contributed by atoms with Crippen LogP contribution in [0.3, 0.4) is 0 Å². The van der Waals surface area contributed by atoms with Crippen molar-refractivity contribution in [1.82, 2.24) is 19.7 Å². The topological polar surface area (TPSA) is 89.6 Å². The van der Waals surface area contributed by atoms with Gasteiger partial charge in [-0.3, -0.25) is 9.78 Å². The van der Waals surface area contributed by atoms with Gasteiger partial charge in [-0.05, 0) is 13.3 Å². The van der Waals surface area contributed by atoms with E-state index >= 15 is 0 Å². The smallest absolute Gasteiger partial charge is 0.252 e. The van der Waals surface area contributed by atoms with Crippen LogP contribution in [-0.2, 0) is 6.42 Å². The Morgan fingerprint density at radius 2 is 2.24 bits per heavy atom. The van der Waals surface area contributed by atoms with Crippen LogP contribution < -0.4 is 11.3 Å². The van der Waals surface area contributed by atoms with Crippen molar-refractivity contribution in [3.63, 3.8) is 0 Å². The lowest BCUT2D eigenvalue weighted by molar-refractivity contribution is 0.765. The van der Waals surface area contributed by atoms with Gasteiger partial charge in [0.25, 0.3) is 5.56 Å². The van der Waals surface area contributed by atoms with E-state index in [9.17, 15) is 4.79 Å². The third-order valence-electron chi connectivity index (χ3n) is 2.35. The summed E-state index contributed by atoms with van der Waals surface area (Å²) in [7, 11) is 0. The predicted octanol–water partition coefficient (Wildman–Crippen LogP) is 0.799. The number of nitrogens with zero attached hydrogens (tertiary/aromatic N) is 3. The third-order valence-corrected chi connectivity index (χ3v) is 2.35. The quantitative estimate of drug-likeness (QED) is 0.820. The molecule has 6 heteroatoms. The number of nitrogens with two attached hydrogens (primary N) is 1. The molecule has 0 aliphatic rings. The number of nitrogens with one attached hydrogen (secondary N) is 1. The first-order valence-corrected chi connectivity index (χ1v) is 5.53. The van der Waals surface area contributed by atoms with Gasteiger partial charge in [-0.25, -0.2) is 4.98 Å². The number of nitrogen functional groups attached to an aromatic ring is 1. The molecular formula is C11H15N5O. The van der Waals surface area contributed by atoms with Gasteiger partial charge in [-0.15, -0.1) is 0 Å². The van der Waals surface area contributed by atoms with E-state index in [-0.39, 0.29) is 5.56 Å². The van der Waals surface area contributed by atoms with E-state index in [1.54, 1.807) is 13.0 Å². The van der Waals surface area contributed by atoms with Crippen molar-refractivity contribution in [2.24, 2.45) is 0 Å². The van der Waals surface area contributed by atoms with Crippen molar-refractivity contribution in [1.29, 1.82) is 0 Å². The summed E-state index contributed by atoms with van der Waals surface area (Å²) in [5.74, 6) is 0.831. The number of hydrogen-bond donors (Lipinski definition) is 2. The molecule has 0 radical (unpaired) electrons. The molecule has 0 bridgehead atoms. The summed E-state index contributed by atoms with van der Waals surface area (Å²) < 4.78 is 1.46. The fourth-order valence-corrected chi connectivity index (χ4v) is 1.66. The van der Waals surface area contributed by atoms with Crippen LogP contribution in [0, 0.1) is 6.92 Å². The summed E-state index contributed by atoms with van der Waals surface area (Å²) >= 11 is 0. The zero-order valence-corrected chi connectivity index (χ0v) is 9.90. The van der Waals surface area contributed by atoms with Crippen molar-refractivity contribution in [2.45, 2.75) is 26.7 Å².